The second kappa shape index (κ2) is 8.60. The molecule has 116 valence electrons. The predicted octanol–water partition coefficient (Wildman–Crippen LogP) is 0.272. The van der Waals surface area contributed by atoms with E-state index in [1.165, 1.54) is 19.3 Å². The topological polar surface area (TPSA) is 47.6 Å². The molecule has 0 aliphatic carbocycles. The molecule has 2 aliphatic rings. The maximum atomic E-state index is 11.8. The highest BCUT2D eigenvalue weighted by Crippen LogP contribution is 2.11. The van der Waals surface area contributed by atoms with Crippen LogP contribution in [0.15, 0.2) is 0 Å². The first-order valence-corrected chi connectivity index (χ1v) is 8.15. The van der Waals surface area contributed by atoms with Crippen LogP contribution < -0.4 is 10.6 Å². The quantitative estimate of drug-likeness (QED) is 0.734. The zero-order valence-corrected chi connectivity index (χ0v) is 12.9. The molecule has 2 fully saturated rings. The van der Waals surface area contributed by atoms with Crippen LogP contribution in [0, 0.1) is 0 Å². The molecule has 0 radical (unpaired) electrons. The van der Waals surface area contributed by atoms with Crippen molar-refractivity contribution in [3.8, 4) is 0 Å². The van der Waals surface area contributed by atoms with Gasteiger partial charge in [-0.25, -0.2) is 0 Å². The maximum Gasteiger partial charge on any atom is 0.220 e. The molecule has 1 amide bonds. The minimum absolute atomic E-state index is 0.214. The van der Waals surface area contributed by atoms with E-state index < -0.39 is 0 Å². The Labute approximate surface area is 123 Å². The first kappa shape index (κ1) is 15.7. The highest BCUT2D eigenvalue weighted by Gasteiger charge is 2.15. The third-order valence-corrected chi connectivity index (χ3v) is 4.48. The van der Waals surface area contributed by atoms with E-state index in [4.69, 9.17) is 0 Å². The van der Waals surface area contributed by atoms with Crippen LogP contribution in [-0.4, -0.2) is 74.6 Å². The minimum atomic E-state index is 0.214. The molecular formula is C15H30N4O. The molecule has 1 atom stereocenters. The lowest BCUT2D eigenvalue weighted by Gasteiger charge is -2.32. The Kier molecular flexibility index (Phi) is 6.76. The van der Waals surface area contributed by atoms with Gasteiger partial charge in [0, 0.05) is 51.7 Å². The molecule has 2 saturated heterocycles. The SMILES string of the molecule is CN1CCN(CCNC(=O)CCC2CCCCN2)CC1. The molecule has 0 aromatic carbocycles. The molecule has 2 rings (SSSR count). The number of hydrogen-bond acceptors (Lipinski definition) is 4. The summed E-state index contributed by atoms with van der Waals surface area (Å²) in [7, 11) is 2.17. The molecule has 2 N–H and O–H groups in total. The molecule has 5 heteroatoms. The van der Waals surface area contributed by atoms with Gasteiger partial charge in [-0.2, -0.15) is 0 Å². The van der Waals surface area contributed by atoms with Gasteiger partial charge in [0.2, 0.25) is 5.91 Å². The zero-order valence-electron chi connectivity index (χ0n) is 12.9. The standard InChI is InChI=1S/C15H30N4O/c1-18-10-12-19(13-11-18)9-8-17-15(20)6-5-14-4-2-3-7-16-14/h14,16H,2-13H2,1H3,(H,17,20). The summed E-state index contributed by atoms with van der Waals surface area (Å²) >= 11 is 0. The van der Waals surface area contributed by atoms with Crippen molar-refractivity contribution >= 4 is 5.91 Å². The molecule has 0 saturated carbocycles. The molecule has 2 heterocycles. The van der Waals surface area contributed by atoms with Gasteiger partial charge in [-0.3, -0.25) is 9.69 Å². The number of nitrogens with zero attached hydrogens (tertiary/aromatic N) is 2. The van der Waals surface area contributed by atoms with Gasteiger partial charge in [-0.05, 0) is 32.9 Å². The smallest absolute Gasteiger partial charge is 0.220 e. The number of carbonyl (C=O) groups excluding carboxylic acids is 1. The molecule has 0 aromatic heterocycles. The predicted molar refractivity (Wildman–Crippen MR) is 81.8 cm³/mol. The first-order valence-electron chi connectivity index (χ1n) is 8.15. The number of piperazine rings is 1. The van der Waals surface area contributed by atoms with Crippen molar-refractivity contribution in [2.24, 2.45) is 0 Å². The molecule has 1 unspecified atom stereocenters. The van der Waals surface area contributed by atoms with Crippen LogP contribution >= 0.6 is 0 Å². The second-order valence-electron chi connectivity index (χ2n) is 6.18. The molecular weight excluding hydrogens is 252 g/mol. The number of hydrogen-bond donors (Lipinski definition) is 2. The number of rotatable bonds is 6. The highest BCUT2D eigenvalue weighted by molar-refractivity contribution is 5.75. The van der Waals surface area contributed by atoms with Crippen LogP contribution in [0.1, 0.15) is 32.1 Å². The number of likely N-dealkylation sites (N-methyl/N-ethyl adjacent to an activating group) is 1. The first-order chi connectivity index (χ1) is 9.74. The average molecular weight is 282 g/mol. The Morgan fingerprint density at radius 2 is 2.05 bits per heavy atom. The van der Waals surface area contributed by atoms with Gasteiger partial charge in [0.1, 0.15) is 0 Å². The lowest BCUT2D eigenvalue weighted by Crippen LogP contribution is -2.47. The van der Waals surface area contributed by atoms with E-state index in [1.54, 1.807) is 0 Å². The fourth-order valence-electron chi connectivity index (χ4n) is 2.99. The Bertz CT molecular complexity index is 284. The third kappa shape index (κ3) is 5.77. The summed E-state index contributed by atoms with van der Waals surface area (Å²) in [6, 6.07) is 0.562. The fourth-order valence-corrected chi connectivity index (χ4v) is 2.99. The summed E-state index contributed by atoms with van der Waals surface area (Å²) in [6.45, 7) is 7.43. The molecule has 20 heavy (non-hydrogen) atoms. The van der Waals surface area contributed by atoms with Crippen molar-refractivity contribution in [2.75, 3.05) is 52.9 Å². The number of piperidine rings is 1. The Morgan fingerprint density at radius 1 is 1.25 bits per heavy atom. The zero-order chi connectivity index (χ0) is 14.2. The monoisotopic (exact) mass is 282 g/mol. The molecule has 5 nitrogen and oxygen atoms in total. The summed E-state index contributed by atoms with van der Waals surface area (Å²) in [6.07, 6.45) is 5.48. The third-order valence-electron chi connectivity index (χ3n) is 4.48. The van der Waals surface area contributed by atoms with Crippen LogP contribution in [0.4, 0.5) is 0 Å². The van der Waals surface area contributed by atoms with Crippen molar-refractivity contribution in [3.63, 3.8) is 0 Å². The number of carbonyl (C=O) groups is 1. The summed E-state index contributed by atoms with van der Waals surface area (Å²) in [5.41, 5.74) is 0. The summed E-state index contributed by atoms with van der Waals surface area (Å²) in [4.78, 5) is 16.6. The molecule has 0 aromatic rings. The van der Waals surface area contributed by atoms with Crippen molar-refractivity contribution in [1.29, 1.82) is 0 Å². The van der Waals surface area contributed by atoms with E-state index >= 15 is 0 Å². The maximum absolute atomic E-state index is 11.8. The van der Waals surface area contributed by atoms with Crippen LogP contribution in [0.2, 0.25) is 0 Å². The summed E-state index contributed by atoms with van der Waals surface area (Å²) < 4.78 is 0. The van der Waals surface area contributed by atoms with Gasteiger partial charge >= 0.3 is 0 Å². The summed E-state index contributed by atoms with van der Waals surface area (Å²) in [5.74, 6) is 0.214. The van der Waals surface area contributed by atoms with Crippen LogP contribution in [-0.2, 0) is 4.79 Å². The largest absolute Gasteiger partial charge is 0.355 e. The molecule has 2 aliphatic heterocycles. The van der Waals surface area contributed by atoms with Gasteiger partial charge in [-0.15, -0.1) is 0 Å². The Morgan fingerprint density at radius 3 is 2.75 bits per heavy atom. The van der Waals surface area contributed by atoms with E-state index in [2.05, 4.69) is 27.5 Å². The van der Waals surface area contributed by atoms with Gasteiger partial charge in [-0.1, -0.05) is 6.42 Å². The lowest BCUT2D eigenvalue weighted by atomic mass is 10.0. The second-order valence-corrected chi connectivity index (χ2v) is 6.18. The average Bonchev–Trinajstić information content (AvgIpc) is 2.48. The minimum Gasteiger partial charge on any atom is -0.355 e. The molecule has 0 spiro atoms. The van der Waals surface area contributed by atoms with E-state index in [-0.39, 0.29) is 5.91 Å². The van der Waals surface area contributed by atoms with E-state index in [0.29, 0.717) is 12.5 Å². The Hall–Kier alpha value is -0.650. The van der Waals surface area contributed by atoms with Crippen LogP contribution in [0.25, 0.3) is 0 Å². The van der Waals surface area contributed by atoms with Gasteiger partial charge in [0.25, 0.3) is 0 Å². The van der Waals surface area contributed by atoms with Crippen molar-refractivity contribution in [1.82, 2.24) is 20.4 Å². The Balaban J connectivity index is 1.49. The molecule has 0 bridgehead atoms. The van der Waals surface area contributed by atoms with Crippen LogP contribution in [0.5, 0.6) is 0 Å². The van der Waals surface area contributed by atoms with Crippen molar-refractivity contribution < 1.29 is 4.79 Å². The fraction of sp³-hybridized carbons (Fsp3) is 0.933. The van der Waals surface area contributed by atoms with Crippen molar-refractivity contribution in [3.05, 3.63) is 0 Å². The number of nitrogens with one attached hydrogen (secondary N) is 2. The van der Waals surface area contributed by atoms with E-state index in [0.717, 1.165) is 52.2 Å². The normalized spacial score (nSPS) is 25.6. The van der Waals surface area contributed by atoms with Gasteiger partial charge in [0.05, 0.1) is 0 Å². The van der Waals surface area contributed by atoms with Gasteiger partial charge in [0.15, 0.2) is 0 Å². The van der Waals surface area contributed by atoms with Gasteiger partial charge < -0.3 is 15.5 Å². The van der Waals surface area contributed by atoms with Crippen LogP contribution in [0.3, 0.4) is 0 Å². The number of amides is 1. The lowest BCUT2D eigenvalue weighted by molar-refractivity contribution is -0.121. The summed E-state index contributed by atoms with van der Waals surface area (Å²) in [5, 5.41) is 6.55. The van der Waals surface area contributed by atoms with E-state index in [9.17, 15) is 4.79 Å². The highest BCUT2D eigenvalue weighted by atomic mass is 16.1. The van der Waals surface area contributed by atoms with Crippen molar-refractivity contribution in [2.45, 2.75) is 38.1 Å². The van der Waals surface area contributed by atoms with E-state index in [1.807, 2.05) is 0 Å².